The van der Waals surface area contributed by atoms with Crippen molar-refractivity contribution in [3.63, 3.8) is 0 Å². The summed E-state index contributed by atoms with van der Waals surface area (Å²) >= 11 is 0. The molecule has 1 aromatic carbocycles. The SMILES string of the molecule is CN(CCC(=O)NN1C(=O)NC2(CCCCC2)C1=O)Cc1ccc(C(C)(C)C)cc1. The van der Waals surface area contributed by atoms with Crippen molar-refractivity contribution in [2.24, 2.45) is 0 Å². The Balaban J connectivity index is 1.47. The largest absolute Gasteiger partial charge is 0.344 e. The molecule has 3 rings (SSSR count). The van der Waals surface area contributed by atoms with Crippen LogP contribution in [-0.2, 0) is 21.5 Å². The van der Waals surface area contributed by atoms with Crippen molar-refractivity contribution in [2.75, 3.05) is 13.6 Å². The number of nitrogens with zero attached hydrogens (tertiary/aromatic N) is 2. The van der Waals surface area contributed by atoms with Crippen molar-refractivity contribution in [1.82, 2.24) is 20.7 Å². The Bertz CT molecular complexity index is 792. The molecule has 2 N–H and O–H groups in total. The molecule has 1 aliphatic carbocycles. The first-order chi connectivity index (χ1) is 14.1. The number of nitrogens with one attached hydrogen (secondary N) is 2. The molecule has 0 bridgehead atoms. The molecule has 1 aliphatic heterocycles. The molecule has 0 unspecified atom stereocenters. The summed E-state index contributed by atoms with van der Waals surface area (Å²) in [7, 11) is 1.95. The van der Waals surface area contributed by atoms with Crippen LogP contribution < -0.4 is 10.7 Å². The van der Waals surface area contributed by atoms with Gasteiger partial charge in [-0.05, 0) is 36.4 Å². The summed E-state index contributed by atoms with van der Waals surface area (Å²) < 4.78 is 0. The Hall–Kier alpha value is -2.41. The molecule has 2 fully saturated rings. The van der Waals surface area contributed by atoms with E-state index in [1.165, 1.54) is 11.1 Å². The van der Waals surface area contributed by atoms with E-state index in [0.29, 0.717) is 19.4 Å². The van der Waals surface area contributed by atoms with Gasteiger partial charge in [0, 0.05) is 19.5 Å². The highest BCUT2D eigenvalue weighted by atomic mass is 16.2. The minimum absolute atomic E-state index is 0.123. The Kier molecular flexibility index (Phi) is 6.50. The normalized spacial score (nSPS) is 18.8. The quantitative estimate of drug-likeness (QED) is 0.701. The second-order valence-corrected chi connectivity index (χ2v) is 9.68. The van der Waals surface area contributed by atoms with Crippen molar-refractivity contribution in [3.05, 3.63) is 35.4 Å². The van der Waals surface area contributed by atoms with Crippen LogP contribution in [0.25, 0.3) is 0 Å². The van der Waals surface area contributed by atoms with Crippen LogP contribution in [0.5, 0.6) is 0 Å². The Labute approximate surface area is 179 Å². The molecule has 0 atom stereocenters. The maximum Gasteiger partial charge on any atom is 0.344 e. The summed E-state index contributed by atoms with van der Waals surface area (Å²) in [6.45, 7) is 7.82. The highest BCUT2D eigenvalue weighted by molar-refractivity contribution is 6.08. The van der Waals surface area contributed by atoms with E-state index < -0.39 is 11.6 Å². The third-order valence-corrected chi connectivity index (χ3v) is 6.10. The standard InChI is InChI=1S/C23H34N4O3/c1-22(2,3)18-10-8-17(9-11-18)16-26(4)15-12-19(28)25-27-20(29)23(24-21(27)30)13-6-5-7-14-23/h8-11H,5-7,12-16H2,1-4H3,(H,24,30)(H,25,28). The predicted octanol–water partition coefficient (Wildman–Crippen LogP) is 3.09. The van der Waals surface area contributed by atoms with Gasteiger partial charge in [-0.1, -0.05) is 64.3 Å². The monoisotopic (exact) mass is 414 g/mol. The Morgan fingerprint density at radius 2 is 1.77 bits per heavy atom. The molecule has 1 saturated heterocycles. The minimum Gasteiger partial charge on any atom is -0.322 e. The van der Waals surface area contributed by atoms with Gasteiger partial charge >= 0.3 is 6.03 Å². The van der Waals surface area contributed by atoms with Crippen molar-refractivity contribution in [3.8, 4) is 0 Å². The predicted molar refractivity (Wildman–Crippen MR) is 115 cm³/mol. The fourth-order valence-corrected chi connectivity index (χ4v) is 4.19. The second-order valence-electron chi connectivity index (χ2n) is 9.68. The lowest BCUT2D eigenvalue weighted by Crippen LogP contribution is -2.51. The van der Waals surface area contributed by atoms with E-state index in [2.05, 4.69) is 60.7 Å². The summed E-state index contributed by atoms with van der Waals surface area (Å²) in [5.41, 5.74) is 4.27. The van der Waals surface area contributed by atoms with Crippen LogP contribution in [0.15, 0.2) is 24.3 Å². The zero-order valence-corrected chi connectivity index (χ0v) is 18.6. The van der Waals surface area contributed by atoms with E-state index in [1.54, 1.807) is 0 Å². The number of hydrogen-bond donors (Lipinski definition) is 2. The molecule has 0 radical (unpaired) electrons. The van der Waals surface area contributed by atoms with E-state index in [9.17, 15) is 14.4 Å². The summed E-state index contributed by atoms with van der Waals surface area (Å²) in [4.78, 5) is 39.4. The number of benzene rings is 1. The Morgan fingerprint density at radius 3 is 2.37 bits per heavy atom. The van der Waals surface area contributed by atoms with Gasteiger partial charge in [-0.25, -0.2) is 4.79 Å². The lowest BCUT2D eigenvalue weighted by atomic mass is 9.82. The molecule has 1 saturated carbocycles. The summed E-state index contributed by atoms with van der Waals surface area (Å²) in [5, 5.41) is 3.67. The van der Waals surface area contributed by atoms with Gasteiger partial charge in [-0.2, -0.15) is 5.01 Å². The van der Waals surface area contributed by atoms with Gasteiger partial charge < -0.3 is 10.2 Å². The van der Waals surface area contributed by atoms with Crippen LogP contribution in [-0.4, -0.2) is 46.9 Å². The van der Waals surface area contributed by atoms with Crippen LogP contribution in [0.3, 0.4) is 0 Å². The first-order valence-corrected chi connectivity index (χ1v) is 10.8. The third kappa shape index (κ3) is 5.01. The van der Waals surface area contributed by atoms with Crippen LogP contribution in [0, 0.1) is 0 Å². The number of carbonyl (C=O) groups excluding carboxylic acids is 3. The van der Waals surface area contributed by atoms with E-state index >= 15 is 0 Å². The van der Waals surface area contributed by atoms with Crippen molar-refractivity contribution < 1.29 is 14.4 Å². The molecule has 1 heterocycles. The highest BCUT2D eigenvalue weighted by Gasteiger charge is 2.52. The van der Waals surface area contributed by atoms with E-state index in [1.807, 2.05) is 7.05 Å². The highest BCUT2D eigenvalue weighted by Crippen LogP contribution is 2.33. The van der Waals surface area contributed by atoms with Gasteiger partial charge in [-0.3, -0.25) is 15.0 Å². The van der Waals surface area contributed by atoms with Gasteiger partial charge in [0.25, 0.3) is 5.91 Å². The topological polar surface area (TPSA) is 81.8 Å². The molecule has 2 aliphatic rings. The lowest BCUT2D eigenvalue weighted by Gasteiger charge is -2.30. The van der Waals surface area contributed by atoms with Gasteiger partial charge in [0.1, 0.15) is 5.54 Å². The van der Waals surface area contributed by atoms with Crippen LogP contribution >= 0.6 is 0 Å². The molecule has 0 aromatic heterocycles. The van der Waals surface area contributed by atoms with Crippen molar-refractivity contribution in [2.45, 2.75) is 76.8 Å². The summed E-state index contributed by atoms with van der Waals surface area (Å²) in [6, 6.07) is 8.01. The number of urea groups is 1. The lowest BCUT2D eigenvalue weighted by molar-refractivity contribution is -0.140. The fraction of sp³-hybridized carbons (Fsp3) is 0.609. The number of amides is 4. The average molecular weight is 415 g/mol. The maximum atomic E-state index is 12.7. The number of hydrogen-bond acceptors (Lipinski definition) is 4. The summed E-state index contributed by atoms with van der Waals surface area (Å²) in [5.74, 6) is -0.658. The van der Waals surface area contributed by atoms with Crippen LogP contribution in [0.2, 0.25) is 0 Å². The minimum atomic E-state index is -0.821. The van der Waals surface area contributed by atoms with Gasteiger partial charge in [0.2, 0.25) is 5.91 Å². The van der Waals surface area contributed by atoms with Crippen LogP contribution in [0.4, 0.5) is 4.79 Å². The number of imide groups is 1. The molecule has 1 aromatic rings. The molecular formula is C23H34N4O3. The Morgan fingerprint density at radius 1 is 1.13 bits per heavy atom. The zero-order valence-electron chi connectivity index (χ0n) is 18.6. The first-order valence-electron chi connectivity index (χ1n) is 10.8. The molecule has 4 amide bonds. The molecule has 30 heavy (non-hydrogen) atoms. The van der Waals surface area contributed by atoms with Crippen molar-refractivity contribution >= 4 is 17.8 Å². The van der Waals surface area contributed by atoms with Crippen molar-refractivity contribution in [1.29, 1.82) is 0 Å². The fourth-order valence-electron chi connectivity index (χ4n) is 4.19. The van der Waals surface area contributed by atoms with Gasteiger partial charge in [-0.15, -0.1) is 0 Å². The zero-order chi connectivity index (χ0) is 21.9. The number of rotatable bonds is 6. The molecule has 7 heteroatoms. The third-order valence-electron chi connectivity index (χ3n) is 6.10. The smallest absolute Gasteiger partial charge is 0.322 e. The molecular weight excluding hydrogens is 380 g/mol. The van der Waals surface area contributed by atoms with Crippen LogP contribution in [0.1, 0.15) is 70.4 Å². The van der Waals surface area contributed by atoms with Gasteiger partial charge in [0.15, 0.2) is 0 Å². The average Bonchev–Trinajstić information content (AvgIpc) is 2.90. The molecule has 1 spiro atoms. The molecule has 7 nitrogen and oxygen atoms in total. The number of hydrazine groups is 1. The van der Waals surface area contributed by atoms with E-state index in [-0.39, 0.29) is 23.7 Å². The second kappa shape index (κ2) is 8.76. The maximum absolute atomic E-state index is 12.7. The van der Waals surface area contributed by atoms with Gasteiger partial charge in [0.05, 0.1) is 0 Å². The van der Waals surface area contributed by atoms with E-state index in [0.717, 1.165) is 30.8 Å². The van der Waals surface area contributed by atoms with E-state index in [4.69, 9.17) is 0 Å². The summed E-state index contributed by atoms with van der Waals surface area (Å²) in [6.07, 6.45) is 4.38. The molecule has 164 valence electrons. The number of carbonyl (C=O) groups is 3. The first kappa shape index (κ1) is 22.3.